The third kappa shape index (κ3) is 4.02. The van der Waals surface area contributed by atoms with Crippen LogP contribution in [-0.2, 0) is 4.79 Å². The zero-order chi connectivity index (χ0) is 16.2. The molecule has 1 aliphatic heterocycles. The van der Waals surface area contributed by atoms with Crippen LogP contribution in [0.2, 0.25) is 0 Å². The summed E-state index contributed by atoms with van der Waals surface area (Å²) >= 11 is 5.56. The monoisotopic (exact) mass is 403 g/mol. The Morgan fingerprint density at radius 2 is 1.78 bits per heavy atom. The molecule has 2 aromatic rings. The van der Waals surface area contributed by atoms with Crippen molar-refractivity contribution in [3.63, 3.8) is 0 Å². The molecule has 0 saturated carbocycles. The van der Waals surface area contributed by atoms with Crippen molar-refractivity contribution in [3.05, 3.63) is 75.1 Å². The molecule has 0 aliphatic carbocycles. The van der Waals surface area contributed by atoms with Gasteiger partial charge in [0.15, 0.2) is 0 Å². The van der Waals surface area contributed by atoms with Crippen LogP contribution in [0.1, 0.15) is 15.9 Å². The Labute approximate surface area is 150 Å². The van der Waals surface area contributed by atoms with Crippen LogP contribution in [0.25, 0.3) is 6.08 Å². The first-order chi connectivity index (χ1) is 11.1. The van der Waals surface area contributed by atoms with E-state index in [2.05, 4.69) is 20.9 Å². The van der Waals surface area contributed by atoms with E-state index in [0.29, 0.717) is 14.8 Å². The molecule has 1 amide bonds. The first kappa shape index (κ1) is 16.2. The number of carbonyl (C=O) groups excluding carboxylic acids is 2. The highest BCUT2D eigenvalue weighted by atomic mass is 79.9. The minimum absolute atomic E-state index is 0.141. The van der Waals surface area contributed by atoms with Gasteiger partial charge in [0.25, 0.3) is 5.91 Å². The summed E-state index contributed by atoms with van der Waals surface area (Å²) in [5, 5.41) is -0.141. The number of aliphatic imine (C=N–C) groups is 1. The number of thioether (sulfide) groups is 2. The summed E-state index contributed by atoms with van der Waals surface area (Å²) < 4.78 is 1.19. The summed E-state index contributed by atoms with van der Waals surface area (Å²) in [5.41, 5.74) is 1.50. The van der Waals surface area contributed by atoms with Crippen molar-refractivity contribution in [2.24, 2.45) is 4.99 Å². The van der Waals surface area contributed by atoms with Crippen molar-refractivity contribution in [1.82, 2.24) is 0 Å². The fourth-order valence-electron chi connectivity index (χ4n) is 1.90. The van der Waals surface area contributed by atoms with Crippen LogP contribution in [0.15, 0.2) is 69.0 Å². The lowest BCUT2D eigenvalue weighted by Crippen LogP contribution is -1.97. The Balaban J connectivity index is 1.73. The Morgan fingerprint density at radius 3 is 2.52 bits per heavy atom. The molecule has 1 aliphatic rings. The van der Waals surface area contributed by atoms with Gasteiger partial charge in [0.2, 0.25) is 5.12 Å². The Morgan fingerprint density at radius 1 is 1.09 bits per heavy atom. The lowest BCUT2D eigenvalue weighted by atomic mass is 10.2. The fourth-order valence-corrected chi connectivity index (χ4v) is 4.37. The molecule has 0 aromatic heterocycles. The molecule has 0 radical (unpaired) electrons. The van der Waals surface area contributed by atoms with Crippen molar-refractivity contribution >= 4 is 60.9 Å². The normalized spacial score (nSPS) is 15.8. The average molecular weight is 404 g/mol. The smallest absolute Gasteiger partial charge is 0.281 e. The number of rotatable bonds is 2. The van der Waals surface area contributed by atoms with Crippen LogP contribution >= 0.6 is 39.5 Å². The van der Waals surface area contributed by atoms with E-state index in [1.807, 2.05) is 42.5 Å². The zero-order valence-corrected chi connectivity index (χ0v) is 15.0. The van der Waals surface area contributed by atoms with Crippen LogP contribution in [0, 0.1) is 0 Å². The number of nitrogens with zero attached hydrogens (tertiary/aromatic N) is 1. The summed E-state index contributed by atoms with van der Waals surface area (Å²) in [6.45, 7) is 0. The van der Waals surface area contributed by atoms with Crippen LogP contribution in [0.3, 0.4) is 0 Å². The molecule has 1 heterocycles. The van der Waals surface area contributed by atoms with E-state index in [-0.39, 0.29) is 11.0 Å². The maximum absolute atomic E-state index is 12.3. The van der Waals surface area contributed by atoms with E-state index in [9.17, 15) is 9.59 Å². The summed E-state index contributed by atoms with van der Waals surface area (Å²) in [4.78, 5) is 28.8. The minimum Gasteiger partial charge on any atom is -0.281 e. The molecule has 2 aromatic carbocycles. The second-order valence-corrected chi connectivity index (χ2v) is 7.68. The fraction of sp³-hybridized carbons (Fsp3) is 0. The van der Waals surface area contributed by atoms with Crippen LogP contribution in [-0.4, -0.2) is 15.4 Å². The van der Waals surface area contributed by atoms with E-state index in [1.165, 1.54) is 11.8 Å². The zero-order valence-electron chi connectivity index (χ0n) is 11.7. The van der Waals surface area contributed by atoms with Gasteiger partial charge in [-0.25, -0.2) is 0 Å². The van der Waals surface area contributed by atoms with Crippen molar-refractivity contribution in [3.8, 4) is 0 Å². The molecule has 0 unspecified atom stereocenters. The van der Waals surface area contributed by atoms with Crippen LogP contribution < -0.4 is 0 Å². The molecule has 0 spiro atoms. The molecule has 23 heavy (non-hydrogen) atoms. The van der Waals surface area contributed by atoms with E-state index >= 15 is 0 Å². The van der Waals surface area contributed by atoms with Crippen LogP contribution in [0.4, 0.5) is 0 Å². The highest BCUT2D eigenvalue weighted by Crippen LogP contribution is 2.35. The highest BCUT2D eigenvalue weighted by molar-refractivity contribution is 9.10. The highest BCUT2D eigenvalue weighted by Gasteiger charge is 2.25. The molecule has 6 heteroatoms. The molecule has 0 bridgehead atoms. The van der Waals surface area contributed by atoms with Crippen molar-refractivity contribution in [1.29, 1.82) is 0 Å². The first-order valence-electron chi connectivity index (χ1n) is 6.68. The molecule has 3 rings (SSSR count). The molecule has 114 valence electrons. The number of hydrogen-bond donors (Lipinski definition) is 0. The van der Waals surface area contributed by atoms with Gasteiger partial charge in [0.1, 0.15) is 4.38 Å². The molecule has 0 fully saturated rings. The minimum atomic E-state index is -0.304. The summed E-state index contributed by atoms with van der Waals surface area (Å²) in [7, 11) is 0. The summed E-state index contributed by atoms with van der Waals surface area (Å²) in [6, 6.07) is 16.8. The number of amides is 1. The molecular weight excluding hydrogens is 394 g/mol. The number of carbonyl (C=O) groups is 2. The predicted octanol–water partition coefficient (Wildman–Crippen LogP) is 4.99. The largest absolute Gasteiger partial charge is 0.285 e. The second kappa shape index (κ2) is 7.29. The molecule has 0 saturated heterocycles. The van der Waals surface area contributed by atoms with Gasteiger partial charge in [-0.2, -0.15) is 4.99 Å². The van der Waals surface area contributed by atoms with Gasteiger partial charge < -0.3 is 0 Å². The molecule has 0 N–H and O–H groups in total. The van der Waals surface area contributed by atoms with Crippen molar-refractivity contribution in [2.45, 2.75) is 0 Å². The topological polar surface area (TPSA) is 46.5 Å². The predicted molar refractivity (Wildman–Crippen MR) is 101 cm³/mol. The van der Waals surface area contributed by atoms with E-state index in [1.54, 1.807) is 18.2 Å². The Hall–Kier alpha value is -1.63. The molecule has 3 nitrogen and oxygen atoms in total. The quantitative estimate of drug-likeness (QED) is 0.662. The first-order valence-corrected chi connectivity index (χ1v) is 9.10. The third-order valence-electron chi connectivity index (χ3n) is 2.97. The molecular formula is C17H10BrNO2S2. The number of halogens is 1. The van der Waals surface area contributed by atoms with Gasteiger partial charge in [0.05, 0.1) is 4.91 Å². The standard InChI is InChI=1S/C17H10BrNO2S2/c18-13-9-5-4-8-12(13)16(21)23-17-19-15(20)14(22-17)10-11-6-2-1-3-7-11/h1-10H/b14-10+. The van der Waals surface area contributed by atoms with Gasteiger partial charge in [-0.05, 0) is 35.5 Å². The maximum Gasteiger partial charge on any atom is 0.285 e. The van der Waals surface area contributed by atoms with Gasteiger partial charge in [-0.3, -0.25) is 9.59 Å². The second-order valence-electron chi connectivity index (χ2n) is 4.57. The number of hydrogen-bond acceptors (Lipinski definition) is 4. The Kier molecular flexibility index (Phi) is 5.15. The van der Waals surface area contributed by atoms with E-state index in [4.69, 9.17) is 0 Å². The number of benzene rings is 2. The van der Waals surface area contributed by atoms with Gasteiger partial charge in [0, 0.05) is 10.0 Å². The van der Waals surface area contributed by atoms with Gasteiger partial charge in [-0.15, -0.1) is 0 Å². The third-order valence-corrected chi connectivity index (χ3v) is 5.61. The van der Waals surface area contributed by atoms with E-state index in [0.717, 1.165) is 21.8 Å². The van der Waals surface area contributed by atoms with Gasteiger partial charge >= 0.3 is 0 Å². The summed E-state index contributed by atoms with van der Waals surface area (Å²) in [5.74, 6) is -0.304. The maximum atomic E-state index is 12.3. The van der Waals surface area contributed by atoms with Crippen LogP contribution in [0.5, 0.6) is 0 Å². The molecule has 0 atom stereocenters. The lowest BCUT2D eigenvalue weighted by Gasteiger charge is -2.01. The van der Waals surface area contributed by atoms with Crippen molar-refractivity contribution in [2.75, 3.05) is 0 Å². The van der Waals surface area contributed by atoms with Gasteiger partial charge in [-0.1, -0.05) is 70.2 Å². The average Bonchev–Trinajstić information content (AvgIpc) is 2.88. The SMILES string of the molecule is O=C1N=C(SC(=O)c2ccccc2Br)S/C1=C/c1ccccc1. The van der Waals surface area contributed by atoms with E-state index < -0.39 is 0 Å². The Bertz CT molecular complexity index is 831. The summed E-state index contributed by atoms with van der Waals surface area (Å²) in [6.07, 6.45) is 1.78. The van der Waals surface area contributed by atoms with Crippen molar-refractivity contribution < 1.29 is 9.59 Å². The lowest BCUT2D eigenvalue weighted by molar-refractivity contribution is -0.113.